The maximum atomic E-state index is 13.1. The number of carbonyl (C=O) groups excluding carboxylic acids is 2. The highest BCUT2D eigenvalue weighted by atomic mass is 35.5. The van der Waals surface area contributed by atoms with Crippen LogP contribution in [0.15, 0.2) is 24.3 Å². The zero-order valence-electron chi connectivity index (χ0n) is 13.7. The van der Waals surface area contributed by atoms with Crippen molar-refractivity contribution in [2.45, 2.75) is 26.7 Å². The summed E-state index contributed by atoms with van der Waals surface area (Å²) in [5, 5.41) is 0. The lowest BCUT2D eigenvalue weighted by Crippen LogP contribution is -2.28. The third-order valence-corrected chi connectivity index (χ3v) is 5.05. The van der Waals surface area contributed by atoms with Crippen LogP contribution in [-0.2, 0) is 11.8 Å². The van der Waals surface area contributed by atoms with Gasteiger partial charge in [-0.3, -0.25) is 14.5 Å². The van der Waals surface area contributed by atoms with Crippen LogP contribution in [0.1, 0.15) is 40.2 Å². The summed E-state index contributed by atoms with van der Waals surface area (Å²) in [5.41, 5.74) is 4.73. The van der Waals surface area contributed by atoms with E-state index < -0.39 is 0 Å². The van der Waals surface area contributed by atoms with Crippen LogP contribution in [0, 0.1) is 13.8 Å². The van der Waals surface area contributed by atoms with Crippen LogP contribution in [0.2, 0.25) is 0 Å². The molecule has 120 valence electrons. The summed E-state index contributed by atoms with van der Waals surface area (Å²) < 4.78 is 1.88. The number of Topliss-reactive ketones (excluding diaryl/α,β-unsaturated/α-hetero) is 1. The molecule has 5 heteroatoms. The highest BCUT2D eigenvalue weighted by Gasteiger charge is 2.37. The number of hydrogen-bond acceptors (Lipinski definition) is 2. The molecule has 3 rings (SSSR count). The number of ketones is 1. The number of alkyl halides is 1. The van der Waals surface area contributed by atoms with Crippen LogP contribution >= 0.6 is 11.6 Å². The Bertz CT molecular complexity index is 823. The molecule has 0 saturated heterocycles. The molecule has 0 spiro atoms. The fourth-order valence-electron chi connectivity index (χ4n) is 3.33. The smallest absolute Gasteiger partial charge is 0.246 e. The van der Waals surface area contributed by atoms with Crippen molar-refractivity contribution in [3.8, 4) is 0 Å². The third-order valence-electron chi connectivity index (χ3n) is 4.82. The van der Waals surface area contributed by atoms with Crippen LogP contribution in [0.3, 0.4) is 0 Å². The molecule has 1 unspecified atom stereocenters. The summed E-state index contributed by atoms with van der Waals surface area (Å²) in [6.45, 7) is 5.78. The minimum atomic E-state index is -0.314. The number of rotatable bonds is 1. The molecule has 1 aromatic heterocycles. The van der Waals surface area contributed by atoms with Gasteiger partial charge in [0.05, 0.1) is 11.4 Å². The molecule has 1 atom stereocenters. The summed E-state index contributed by atoms with van der Waals surface area (Å²) in [6.07, 6.45) is 0. The maximum Gasteiger partial charge on any atom is 0.246 e. The molecule has 2 heterocycles. The summed E-state index contributed by atoms with van der Waals surface area (Å²) in [5.74, 6) is -0.651. The van der Waals surface area contributed by atoms with E-state index in [1.165, 1.54) is 0 Å². The molecule has 0 bridgehead atoms. The standard InChI is InChI=1S/C18H19ClN2O2/c1-10-12(3)20(4)17-16(10)21(15(22)9-19)14-8-6-5-7-13(14)11(2)18(17)23/h5-8,11H,9H2,1-4H3. The number of amides is 1. The van der Waals surface area contributed by atoms with E-state index in [-0.39, 0.29) is 23.5 Å². The molecule has 1 aromatic carbocycles. The lowest BCUT2D eigenvalue weighted by atomic mass is 9.94. The molecular weight excluding hydrogens is 312 g/mol. The maximum absolute atomic E-state index is 13.1. The predicted octanol–water partition coefficient (Wildman–Crippen LogP) is 3.85. The van der Waals surface area contributed by atoms with Gasteiger partial charge in [-0.05, 0) is 31.0 Å². The van der Waals surface area contributed by atoms with Crippen LogP contribution in [0.25, 0.3) is 0 Å². The van der Waals surface area contributed by atoms with Gasteiger partial charge in [0.2, 0.25) is 5.91 Å². The van der Waals surface area contributed by atoms with E-state index in [2.05, 4.69) is 0 Å². The van der Waals surface area contributed by atoms with Gasteiger partial charge in [-0.2, -0.15) is 0 Å². The molecule has 1 amide bonds. The van der Waals surface area contributed by atoms with Crippen molar-refractivity contribution < 1.29 is 9.59 Å². The largest absolute Gasteiger partial charge is 0.344 e. The van der Waals surface area contributed by atoms with Crippen molar-refractivity contribution in [3.05, 3.63) is 46.8 Å². The Hall–Kier alpha value is -2.07. The van der Waals surface area contributed by atoms with Gasteiger partial charge in [0.1, 0.15) is 11.6 Å². The molecule has 1 aliphatic rings. The Morgan fingerprint density at radius 3 is 2.57 bits per heavy atom. The lowest BCUT2D eigenvalue weighted by molar-refractivity contribution is -0.115. The van der Waals surface area contributed by atoms with Crippen molar-refractivity contribution in [1.82, 2.24) is 4.57 Å². The first-order valence-electron chi connectivity index (χ1n) is 7.58. The Labute approximate surface area is 140 Å². The Balaban J connectivity index is 2.43. The minimum Gasteiger partial charge on any atom is -0.344 e. The second-order valence-corrected chi connectivity index (χ2v) is 6.24. The van der Waals surface area contributed by atoms with Crippen LogP contribution in [-0.4, -0.2) is 22.1 Å². The van der Waals surface area contributed by atoms with E-state index >= 15 is 0 Å². The fraction of sp³-hybridized carbons (Fsp3) is 0.333. The molecule has 23 heavy (non-hydrogen) atoms. The monoisotopic (exact) mass is 330 g/mol. The van der Waals surface area contributed by atoms with Crippen LogP contribution < -0.4 is 4.90 Å². The van der Waals surface area contributed by atoms with E-state index in [4.69, 9.17) is 11.6 Å². The van der Waals surface area contributed by atoms with Crippen LogP contribution in [0.5, 0.6) is 0 Å². The number of aromatic nitrogens is 1. The molecule has 0 radical (unpaired) electrons. The highest BCUT2D eigenvalue weighted by Crippen LogP contribution is 2.44. The Morgan fingerprint density at radius 1 is 1.26 bits per heavy atom. The summed E-state index contributed by atoms with van der Waals surface area (Å²) in [7, 11) is 1.87. The van der Waals surface area contributed by atoms with E-state index in [0.29, 0.717) is 11.4 Å². The van der Waals surface area contributed by atoms with Gasteiger partial charge < -0.3 is 4.57 Å². The van der Waals surface area contributed by atoms with Crippen molar-refractivity contribution in [2.24, 2.45) is 7.05 Å². The average molecular weight is 331 g/mol. The molecule has 0 N–H and O–H groups in total. The van der Waals surface area contributed by atoms with Gasteiger partial charge >= 0.3 is 0 Å². The SMILES string of the molecule is Cc1c2c(n(C)c1C)C(=O)C(C)c1ccccc1N2C(=O)CCl. The quantitative estimate of drug-likeness (QED) is 0.745. The van der Waals surface area contributed by atoms with Gasteiger partial charge in [0.15, 0.2) is 5.78 Å². The van der Waals surface area contributed by atoms with Gasteiger partial charge in [-0.25, -0.2) is 0 Å². The molecule has 2 aromatic rings. The van der Waals surface area contributed by atoms with E-state index in [1.807, 2.05) is 56.7 Å². The molecule has 0 saturated carbocycles. The molecule has 0 aliphatic carbocycles. The van der Waals surface area contributed by atoms with Gasteiger partial charge in [0, 0.05) is 18.7 Å². The normalized spacial score (nSPS) is 16.8. The van der Waals surface area contributed by atoms with Gasteiger partial charge in [-0.15, -0.1) is 11.6 Å². The number of nitrogens with zero attached hydrogens (tertiary/aromatic N) is 2. The first-order chi connectivity index (χ1) is 10.9. The zero-order valence-corrected chi connectivity index (χ0v) is 14.4. The lowest BCUT2D eigenvalue weighted by Gasteiger charge is -2.23. The van der Waals surface area contributed by atoms with Crippen molar-refractivity contribution in [2.75, 3.05) is 10.8 Å². The fourth-order valence-corrected chi connectivity index (χ4v) is 3.45. The van der Waals surface area contributed by atoms with Crippen molar-refractivity contribution >= 4 is 34.7 Å². The van der Waals surface area contributed by atoms with E-state index in [1.54, 1.807) is 4.90 Å². The zero-order chi connectivity index (χ0) is 16.9. The number of para-hydroxylation sites is 1. The molecule has 1 aliphatic heterocycles. The third kappa shape index (κ3) is 2.12. The number of anilines is 2. The minimum absolute atomic E-state index is 0.0241. The van der Waals surface area contributed by atoms with E-state index in [9.17, 15) is 9.59 Å². The Kier molecular flexibility index (Phi) is 3.80. The highest BCUT2D eigenvalue weighted by molar-refractivity contribution is 6.31. The van der Waals surface area contributed by atoms with Crippen molar-refractivity contribution in [3.63, 3.8) is 0 Å². The Morgan fingerprint density at radius 2 is 1.91 bits per heavy atom. The number of fused-ring (bicyclic) bond motifs is 2. The van der Waals surface area contributed by atoms with Gasteiger partial charge in [-0.1, -0.05) is 25.1 Å². The molecular formula is C18H19ClN2O2. The number of benzene rings is 1. The number of halogens is 1. The first kappa shape index (κ1) is 15.8. The van der Waals surface area contributed by atoms with Gasteiger partial charge in [0.25, 0.3) is 0 Å². The predicted molar refractivity (Wildman–Crippen MR) is 91.9 cm³/mol. The second-order valence-electron chi connectivity index (χ2n) is 5.97. The topological polar surface area (TPSA) is 42.3 Å². The number of hydrogen-bond donors (Lipinski definition) is 0. The summed E-state index contributed by atoms with van der Waals surface area (Å²) in [6, 6.07) is 7.54. The van der Waals surface area contributed by atoms with E-state index in [0.717, 1.165) is 22.5 Å². The summed E-state index contributed by atoms with van der Waals surface area (Å²) >= 11 is 5.86. The average Bonchev–Trinajstić information content (AvgIpc) is 2.72. The summed E-state index contributed by atoms with van der Waals surface area (Å²) in [4.78, 5) is 27.3. The van der Waals surface area contributed by atoms with Crippen molar-refractivity contribution in [1.29, 1.82) is 0 Å². The molecule has 0 fully saturated rings. The number of carbonyl (C=O) groups is 2. The van der Waals surface area contributed by atoms with Crippen LogP contribution in [0.4, 0.5) is 11.4 Å². The first-order valence-corrected chi connectivity index (χ1v) is 8.11. The second kappa shape index (κ2) is 5.53. The molecule has 4 nitrogen and oxygen atoms in total.